The quantitative estimate of drug-likeness (QED) is 0.449. The molecule has 7 nitrogen and oxygen atoms in total. The second kappa shape index (κ2) is 7.36. The first-order valence-electron chi connectivity index (χ1n) is 8.78. The predicted octanol–water partition coefficient (Wildman–Crippen LogP) is 5.07. The van der Waals surface area contributed by atoms with Crippen molar-refractivity contribution in [2.75, 3.05) is 5.32 Å². The van der Waals surface area contributed by atoms with Gasteiger partial charge in [0.05, 0.1) is 5.56 Å². The Labute approximate surface area is 166 Å². The van der Waals surface area contributed by atoms with Crippen molar-refractivity contribution in [3.8, 4) is 22.7 Å². The molecule has 142 valence electrons. The average Bonchev–Trinajstić information content (AvgIpc) is 3.27. The summed E-state index contributed by atoms with van der Waals surface area (Å²) in [5, 5.41) is 13.4. The molecule has 0 spiro atoms. The van der Waals surface area contributed by atoms with Crippen LogP contribution in [0.4, 0.5) is 10.5 Å². The largest absolute Gasteiger partial charge is 0.436 e. The van der Waals surface area contributed by atoms with Crippen LogP contribution in [0.15, 0.2) is 53.1 Å². The lowest BCUT2D eigenvalue weighted by Crippen LogP contribution is -2.34. The third-order valence-corrected chi connectivity index (χ3v) is 4.27. The summed E-state index contributed by atoms with van der Waals surface area (Å²) in [6.07, 6.45) is 1.73. The molecule has 28 heavy (non-hydrogen) atoms. The van der Waals surface area contributed by atoms with E-state index in [0.29, 0.717) is 33.4 Å². The summed E-state index contributed by atoms with van der Waals surface area (Å²) < 4.78 is 5.86. The van der Waals surface area contributed by atoms with Gasteiger partial charge in [0.1, 0.15) is 11.2 Å². The number of hydrogen-bond acceptors (Lipinski definition) is 4. The Bertz CT molecular complexity index is 1150. The van der Waals surface area contributed by atoms with Crippen LogP contribution in [-0.4, -0.2) is 27.3 Å². The van der Waals surface area contributed by atoms with Gasteiger partial charge in [-0.15, -0.1) is 0 Å². The molecule has 0 atom stereocenters. The number of H-pyrrole nitrogens is 1. The zero-order valence-electron chi connectivity index (χ0n) is 15.3. The molecule has 0 aliphatic rings. The molecule has 0 aliphatic carbocycles. The van der Waals surface area contributed by atoms with Crippen molar-refractivity contribution in [2.45, 2.75) is 19.9 Å². The fourth-order valence-corrected chi connectivity index (χ4v) is 3.03. The number of anilines is 1. The van der Waals surface area contributed by atoms with Crippen LogP contribution in [0.3, 0.4) is 0 Å². The zero-order chi connectivity index (χ0) is 19.7. The van der Waals surface area contributed by atoms with Crippen molar-refractivity contribution < 1.29 is 9.21 Å². The highest BCUT2D eigenvalue weighted by Crippen LogP contribution is 2.33. The Morgan fingerprint density at radius 2 is 2.07 bits per heavy atom. The van der Waals surface area contributed by atoms with Gasteiger partial charge in [-0.05, 0) is 44.2 Å². The van der Waals surface area contributed by atoms with Crippen LogP contribution in [0.2, 0.25) is 5.02 Å². The molecule has 2 aromatic heterocycles. The third kappa shape index (κ3) is 3.70. The number of nitrogens with one attached hydrogen (secondary N) is 3. The number of nitrogens with zero attached hydrogens (tertiary/aromatic N) is 2. The number of aromatic nitrogens is 3. The third-order valence-electron chi connectivity index (χ3n) is 4.03. The highest BCUT2D eigenvalue weighted by atomic mass is 35.5. The molecule has 4 rings (SSSR count). The Hall–Kier alpha value is -3.32. The molecule has 2 heterocycles. The van der Waals surface area contributed by atoms with E-state index in [1.807, 2.05) is 38.1 Å². The zero-order valence-corrected chi connectivity index (χ0v) is 16.0. The van der Waals surface area contributed by atoms with E-state index in [0.717, 1.165) is 11.1 Å². The van der Waals surface area contributed by atoms with E-state index in [1.54, 1.807) is 24.4 Å². The van der Waals surface area contributed by atoms with Crippen LogP contribution in [0, 0.1) is 0 Å². The average molecular weight is 396 g/mol. The number of fused-ring (bicyclic) bond motifs is 1. The van der Waals surface area contributed by atoms with Crippen LogP contribution in [0.5, 0.6) is 0 Å². The van der Waals surface area contributed by atoms with Crippen molar-refractivity contribution in [3.63, 3.8) is 0 Å². The second-order valence-corrected chi connectivity index (χ2v) is 7.05. The van der Waals surface area contributed by atoms with E-state index in [1.165, 1.54) is 0 Å². The van der Waals surface area contributed by atoms with E-state index >= 15 is 0 Å². The Morgan fingerprint density at radius 1 is 1.21 bits per heavy atom. The highest BCUT2D eigenvalue weighted by Gasteiger charge is 2.17. The highest BCUT2D eigenvalue weighted by molar-refractivity contribution is 6.31. The van der Waals surface area contributed by atoms with Crippen LogP contribution < -0.4 is 10.6 Å². The molecular weight excluding hydrogens is 378 g/mol. The maximum atomic E-state index is 12.0. The molecular formula is C20H18ClN5O2. The van der Waals surface area contributed by atoms with E-state index < -0.39 is 0 Å². The lowest BCUT2D eigenvalue weighted by atomic mass is 10.1. The summed E-state index contributed by atoms with van der Waals surface area (Å²) >= 11 is 6.03. The van der Waals surface area contributed by atoms with Crippen LogP contribution >= 0.6 is 11.6 Å². The number of carbonyl (C=O) groups is 1. The molecule has 0 aliphatic heterocycles. The van der Waals surface area contributed by atoms with Gasteiger partial charge >= 0.3 is 6.03 Å². The number of oxazole rings is 1. The summed E-state index contributed by atoms with van der Waals surface area (Å²) in [6, 6.07) is 12.5. The van der Waals surface area contributed by atoms with Crippen LogP contribution in [0.25, 0.3) is 33.8 Å². The monoisotopic (exact) mass is 395 g/mol. The first-order valence-corrected chi connectivity index (χ1v) is 9.15. The lowest BCUT2D eigenvalue weighted by Gasteiger charge is -2.10. The Morgan fingerprint density at radius 3 is 2.89 bits per heavy atom. The number of rotatable bonds is 4. The summed E-state index contributed by atoms with van der Waals surface area (Å²) in [7, 11) is 0. The first kappa shape index (κ1) is 18.1. The molecule has 2 amide bonds. The molecule has 2 aromatic carbocycles. The summed E-state index contributed by atoms with van der Waals surface area (Å²) in [6.45, 7) is 3.80. The Kier molecular flexibility index (Phi) is 4.75. The molecule has 4 aromatic rings. The maximum Gasteiger partial charge on any atom is 0.319 e. The first-order chi connectivity index (χ1) is 13.5. The number of carbonyl (C=O) groups excluding carboxylic acids is 1. The molecule has 0 saturated heterocycles. The molecule has 0 bridgehead atoms. The molecule has 0 fully saturated rings. The van der Waals surface area contributed by atoms with Crippen LogP contribution in [0.1, 0.15) is 13.8 Å². The summed E-state index contributed by atoms with van der Waals surface area (Å²) in [5.41, 5.74) is 4.19. The van der Waals surface area contributed by atoms with Crippen LogP contribution in [-0.2, 0) is 0 Å². The maximum absolute atomic E-state index is 12.0. The number of halogens is 1. The van der Waals surface area contributed by atoms with E-state index in [4.69, 9.17) is 16.0 Å². The SMILES string of the molecule is CC(C)NC(=O)Nc1cccc(-c2n[nH]cc2-c2nc3cc(Cl)ccc3o2)c1. The van der Waals surface area contributed by atoms with Gasteiger partial charge in [-0.1, -0.05) is 23.7 Å². The van der Waals surface area contributed by atoms with Crippen molar-refractivity contribution in [3.05, 3.63) is 53.7 Å². The van der Waals surface area contributed by atoms with Crippen molar-refractivity contribution in [1.29, 1.82) is 0 Å². The fourth-order valence-electron chi connectivity index (χ4n) is 2.86. The normalized spacial score (nSPS) is 11.1. The summed E-state index contributed by atoms with van der Waals surface area (Å²) in [5.74, 6) is 0.442. The van der Waals surface area contributed by atoms with Gasteiger partial charge < -0.3 is 15.1 Å². The minimum atomic E-state index is -0.259. The van der Waals surface area contributed by atoms with Gasteiger partial charge in [-0.25, -0.2) is 9.78 Å². The van der Waals surface area contributed by atoms with Gasteiger partial charge in [0, 0.05) is 28.5 Å². The second-order valence-electron chi connectivity index (χ2n) is 6.61. The Balaban J connectivity index is 1.67. The van der Waals surface area contributed by atoms with Gasteiger partial charge in [-0.2, -0.15) is 5.10 Å². The van der Waals surface area contributed by atoms with Gasteiger partial charge in [0.2, 0.25) is 5.89 Å². The number of urea groups is 1. The molecule has 0 radical (unpaired) electrons. The topological polar surface area (TPSA) is 95.8 Å². The van der Waals surface area contributed by atoms with Crippen molar-refractivity contribution >= 4 is 34.4 Å². The molecule has 0 unspecified atom stereocenters. The standard InChI is InChI=1S/C20H18ClN5O2/c1-11(2)23-20(27)24-14-5-3-4-12(8-14)18-15(10-22-26-18)19-25-16-9-13(21)6-7-17(16)28-19/h3-11H,1-2H3,(H,22,26)(H2,23,24,27). The number of benzene rings is 2. The number of aromatic amines is 1. The summed E-state index contributed by atoms with van der Waals surface area (Å²) in [4.78, 5) is 16.5. The fraction of sp³-hybridized carbons (Fsp3) is 0.150. The number of amides is 2. The molecule has 0 saturated carbocycles. The molecule has 8 heteroatoms. The van der Waals surface area contributed by atoms with E-state index in [2.05, 4.69) is 25.8 Å². The number of hydrogen-bond donors (Lipinski definition) is 3. The van der Waals surface area contributed by atoms with Gasteiger partial charge in [0.15, 0.2) is 5.58 Å². The van der Waals surface area contributed by atoms with Gasteiger partial charge in [0.25, 0.3) is 0 Å². The van der Waals surface area contributed by atoms with Gasteiger partial charge in [-0.3, -0.25) is 5.10 Å². The van der Waals surface area contributed by atoms with Crippen molar-refractivity contribution in [1.82, 2.24) is 20.5 Å². The minimum absolute atomic E-state index is 0.0498. The predicted molar refractivity (Wildman–Crippen MR) is 109 cm³/mol. The minimum Gasteiger partial charge on any atom is -0.436 e. The lowest BCUT2D eigenvalue weighted by molar-refractivity contribution is 0.250. The smallest absolute Gasteiger partial charge is 0.319 e. The van der Waals surface area contributed by atoms with Crippen molar-refractivity contribution in [2.24, 2.45) is 0 Å². The molecule has 3 N–H and O–H groups in total. The van der Waals surface area contributed by atoms with E-state index in [9.17, 15) is 4.79 Å². The van der Waals surface area contributed by atoms with E-state index in [-0.39, 0.29) is 12.1 Å².